The summed E-state index contributed by atoms with van der Waals surface area (Å²) in [6.45, 7) is 0. The van der Waals surface area contributed by atoms with Crippen molar-refractivity contribution in [2.75, 3.05) is 0 Å². The van der Waals surface area contributed by atoms with Gasteiger partial charge < -0.3 is 5.11 Å². The first-order valence-corrected chi connectivity index (χ1v) is 7.42. The monoisotopic (exact) mass is 416 g/mol. The van der Waals surface area contributed by atoms with Crippen molar-refractivity contribution >= 4 is 21.9 Å². The molecule has 146 valence electrons. The average molecular weight is 416 g/mol. The van der Waals surface area contributed by atoms with Crippen LogP contribution in [-0.2, 0) is 27.0 Å². The second-order valence-corrected chi connectivity index (χ2v) is 6.43. The minimum Gasteiger partial charge on any atom is -0.478 e. The maximum atomic E-state index is 13.1. The molecule has 0 aliphatic carbocycles. The summed E-state index contributed by atoms with van der Waals surface area (Å²) in [6, 6.07) is -0.321. The molecule has 0 heterocycles. The van der Waals surface area contributed by atoms with E-state index in [2.05, 4.69) is 0 Å². The molecule has 0 saturated carbocycles. The fraction of sp³-hybridized carbons (Fsp3) is 0.250. The number of alkyl halides is 9. The molecule has 26 heavy (non-hydrogen) atoms. The van der Waals surface area contributed by atoms with E-state index in [-0.39, 0.29) is 24.3 Å². The van der Waals surface area contributed by atoms with E-state index in [1.807, 2.05) is 0 Å². The summed E-state index contributed by atoms with van der Waals surface area (Å²) >= 11 is 0. The summed E-state index contributed by atoms with van der Waals surface area (Å²) in [5, 5.41) is 8.35. The van der Waals surface area contributed by atoms with Crippen LogP contribution in [0, 0.1) is 0 Å². The van der Waals surface area contributed by atoms with Crippen LogP contribution in [0.5, 0.6) is 0 Å². The number of sulfone groups is 1. The number of benzene rings is 1. The molecule has 0 spiro atoms. The zero-order valence-electron chi connectivity index (χ0n) is 11.8. The lowest BCUT2D eigenvalue weighted by Crippen LogP contribution is -2.29. The van der Waals surface area contributed by atoms with Gasteiger partial charge in [-0.05, 0) is 17.7 Å². The largest absolute Gasteiger partial charge is 0.501 e. The van der Waals surface area contributed by atoms with Gasteiger partial charge in [-0.2, -0.15) is 39.5 Å². The highest BCUT2D eigenvalue weighted by Crippen LogP contribution is 2.47. The van der Waals surface area contributed by atoms with Gasteiger partial charge in [-0.1, -0.05) is 6.07 Å². The first-order valence-electron chi connectivity index (χ1n) is 5.94. The molecular formula is C12H5F9O4S. The van der Waals surface area contributed by atoms with Crippen LogP contribution in [0.1, 0.15) is 16.7 Å². The Morgan fingerprint density at radius 1 is 0.885 bits per heavy atom. The molecular weight excluding hydrogens is 411 g/mol. The van der Waals surface area contributed by atoms with Gasteiger partial charge in [0.1, 0.15) is 0 Å². The van der Waals surface area contributed by atoms with Crippen molar-refractivity contribution in [2.45, 2.75) is 22.8 Å². The Balaban J connectivity index is 4.09. The topological polar surface area (TPSA) is 71.4 Å². The number of carboxylic acids is 1. The van der Waals surface area contributed by atoms with Gasteiger partial charge in [0.25, 0.3) is 9.84 Å². The van der Waals surface area contributed by atoms with E-state index in [4.69, 9.17) is 5.11 Å². The Morgan fingerprint density at radius 2 is 1.35 bits per heavy atom. The molecule has 0 amide bonds. The maximum Gasteiger partial charge on any atom is 0.501 e. The molecule has 0 aliphatic rings. The molecule has 1 aromatic rings. The lowest BCUT2D eigenvalue weighted by atomic mass is 9.99. The van der Waals surface area contributed by atoms with E-state index in [9.17, 15) is 52.7 Å². The van der Waals surface area contributed by atoms with Crippen molar-refractivity contribution in [3.63, 3.8) is 0 Å². The first-order chi connectivity index (χ1) is 11.4. The molecule has 1 rings (SSSR count). The summed E-state index contributed by atoms with van der Waals surface area (Å²) in [6.07, 6.45) is -12.0. The molecule has 0 radical (unpaired) electrons. The van der Waals surface area contributed by atoms with E-state index in [0.717, 1.165) is 0 Å². The lowest BCUT2D eigenvalue weighted by molar-refractivity contribution is -0.164. The van der Waals surface area contributed by atoms with Gasteiger partial charge in [0, 0.05) is 6.08 Å². The first kappa shape index (κ1) is 21.8. The molecule has 0 atom stereocenters. The standard InChI is InChI=1S/C12H5F9O4S/c13-10(14,15)8-5(2-4-7(22)23)1-3-6(9(8)11(16,17)18)26(24,25)12(19,20)21/h1-4H,(H,22,23)/b4-2+. The van der Waals surface area contributed by atoms with E-state index in [1.54, 1.807) is 0 Å². The smallest absolute Gasteiger partial charge is 0.478 e. The van der Waals surface area contributed by atoms with Crippen LogP contribution in [0.4, 0.5) is 39.5 Å². The zero-order valence-corrected chi connectivity index (χ0v) is 12.6. The summed E-state index contributed by atoms with van der Waals surface area (Å²) < 4.78 is 139. The number of carbonyl (C=O) groups is 1. The number of rotatable bonds is 3. The van der Waals surface area contributed by atoms with Crippen LogP contribution in [-0.4, -0.2) is 25.0 Å². The van der Waals surface area contributed by atoms with Crippen LogP contribution in [0.25, 0.3) is 6.08 Å². The van der Waals surface area contributed by atoms with Crippen molar-refractivity contribution in [3.8, 4) is 0 Å². The lowest BCUT2D eigenvalue weighted by Gasteiger charge is -2.21. The minimum atomic E-state index is -6.78. The number of carboxylic acid groups (broad SMARTS) is 1. The Morgan fingerprint density at radius 3 is 1.69 bits per heavy atom. The van der Waals surface area contributed by atoms with Gasteiger partial charge in [0.05, 0.1) is 16.0 Å². The van der Waals surface area contributed by atoms with Gasteiger partial charge in [0.2, 0.25) is 0 Å². The van der Waals surface area contributed by atoms with Gasteiger partial charge in [-0.3, -0.25) is 0 Å². The molecule has 4 nitrogen and oxygen atoms in total. The molecule has 0 aromatic heterocycles. The van der Waals surface area contributed by atoms with Crippen LogP contribution in [0.15, 0.2) is 23.1 Å². The van der Waals surface area contributed by atoms with Gasteiger partial charge >= 0.3 is 23.8 Å². The molecule has 0 bridgehead atoms. The Hall–Kier alpha value is -2.25. The van der Waals surface area contributed by atoms with E-state index < -0.39 is 55.3 Å². The number of aliphatic carboxylic acids is 1. The summed E-state index contributed by atoms with van der Waals surface area (Å²) in [7, 11) is -6.78. The number of hydrogen-bond acceptors (Lipinski definition) is 3. The van der Waals surface area contributed by atoms with Crippen molar-refractivity contribution in [1.29, 1.82) is 0 Å². The van der Waals surface area contributed by atoms with Crippen molar-refractivity contribution in [3.05, 3.63) is 34.9 Å². The van der Waals surface area contributed by atoms with Crippen molar-refractivity contribution in [2.24, 2.45) is 0 Å². The highest BCUT2D eigenvalue weighted by atomic mass is 32.2. The second-order valence-electron chi connectivity index (χ2n) is 4.52. The van der Waals surface area contributed by atoms with Crippen LogP contribution in [0.3, 0.4) is 0 Å². The third kappa shape index (κ3) is 4.28. The second kappa shape index (κ2) is 6.48. The molecule has 14 heteroatoms. The Labute approximate surface area is 138 Å². The predicted molar refractivity (Wildman–Crippen MR) is 66.4 cm³/mol. The third-order valence-corrected chi connectivity index (χ3v) is 4.29. The van der Waals surface area contributed by atoms with Crippen molar-refractivity contribution < 1.29 is 57.8 Å². The summed E-state index contributed by atoms with van der Waals surface area (Å²) in [5.74, 6) is -1.86. The average Bonchev–Trinajstić information content (AvgIpc) is 2.40. The SMILES string of the molecule is O=C(O)/C=C/c1ccc(S(=O)(=O)C(F)(F)F)c(C(F)(F)F)c1C(F)(F)F. The number of hydrogen-bond donors (Lipinski definition) is 1. The highest BCUT2D eigenvalue weighted by molar-refractivity contribution is 7.92. The normalized spacial score (nSPS) is 14.0. The van der Waals surface area contributed by atoms with E-state index in [1.165, 1.54) is 0 Å². The van der Waals surface area contributed by atoms with Crippen molar-refractivity contribution in [1.82, 2.24) is 0 Å². The van der Waals surface area contributed by atoms with Gasteiger partial charge in [0.15, 0.2) is 0 Å². The molecule has 1 N–H and O–H groups in total. The maximum absolute atomic E-state index is 13.1. The fourth-order valence-corrected chi connectivity index (χ4v) is 2.82. The molecule has 0 aliphatic heterocycles. The Kier molecular flexibility index (Phi) is 5.43. The highest BCUT2D eigenvalue weighted by Gasteiger charge is 2.54. The number of halogens is 9. The van der Waals surface area contributed by atoms with E-state index >= 15 is 0 Å². The predicted octanol–water partition coefficient (Wildman–Crippen LogP) is 4.12. The van der Waals surface area contributed by atoms with Gasteiger partial charge in [-0.15, -0.1) is 0 Å². The zero-order chi connectivity index (χ0) is 20.7. The summed E-state index contributed by atoms with van der Waals surface area (Å²) in [5.41, 5.74) is -13.6. The van der Waals surface area contributed by atoms with Crippen LogP contribution < -0.4 is 0 Å². The quantitative estimate of drug-likeness (QED) is 0.595. The third-order valence-electron chi connectivity index (χ3n) is 2.77. The van der Waals surface area contributed by atoms with Crippen LogP contribution in [0.2, 0.25) is 0 Å². The summed E-state index contributed by atoms with van der Waals surface area (Å²) in [4.78, 5) is 7.70. The molecule has 0 fully saturated rings. The minimum absolute atomic E-state index is 0.00264. The molecule has 0 unspecified atom stereocenters. The molecule has 1 aromatic carbocycles. The Bertz CT molecular complexity index is 845. The van der Waals surface area contributed by atoms with Crippen LogP contribution >= 0.6 is 0 Å². The molecule has 0 saturated heterocycles. The van der Waals surface area contributed by atoms with E-state index in [0.29, 0.717) is 0 Å². The van der Waals surface area contributed by atoms with Gasteiger partial charge in [-0.25, -0.2) is 13.2 Å². The fourth-order valence-electron chi connectivity index (χ4n) is 1.84.